The summed E-state index contributed by atoms with van der Waals surface area (Å²) in [7, 11) is -2.64. The van der Waals surface area contributed by atoms with Crippen molar-refractivity contribution >= 4 is 33.3 Å². The Hall–Kier alpha value is -3.66. The van der Waals surface area contributed by atoms with Gasteiger partial charge in [-0.1, -0.05) is 24.3 Å². The van der Waals surface area contributed by atoms with Crippen molar-refractivity contribution in [3.8, 4) is 16.9 Å². The van der Waals surface area contributed by atoms with Crippen LogP contribution in [0, 0.1) is 20.8 Å². The van der Waals surface area contributed by atoms with Crippen molar-refractivity contribution in [3.05, 3.63) is 53.2 Å². The Balaban J connectivity index is 1.86. The lowest BCUT2D eigenvalue weighted by Crippen LogP contribution is -2.16. The summed E-state index contributed by atoms with van der Waals surface area (Å²) in [4.78, 5) is 24.5. The molecule has 4 rings (SSSR count). The molecule has 0 radical (unpaired) electrons. The second-order valence-corrected chi connectivity index (χ2v) is 9.55. The molecule has 0 atom stereocenters. The Morgan fingerprint density at radius 3 is 2.42 bits per heavy atom. The van der Waals surface area contributed by atoms with Gasteiger partial charge in [0.1, 0.15) is 16.5 Å². The van der Waals surface area contributed by atoms with Gasteiger partial charge in [-0.15, -0.1) is 0 Å². The zero-order chi connectivity index (χ0) is 23.9. The van der Waals surface area contributed by atoms with E-state index >= 15 is 0 Å². The number of aromatic nitrogens is 2. The number of fused-ring (bicyclic) bond motifs is 1. The van der Waals surface area contributed by atoms with Crippen LogP contribution in [0.3, 0.4) is 0 Å². The minimum absolute atomic E-state index is 0.0430. The lowest BCUT2D eigenvalue weighted by atomic mass is 10.1. The first-order chi connectivity index (χ1) is 15.6. The molecule has 0 spiro atoms. The number of ether oxygens (including phenoxy) is 1. The van der Waals surface area contributed by atoms with Crippen LogP contribution < -0.4 is 14.8 Å². The minimum atomic E-state index is -4.03. The molecular formula is C23H24N4O5S. The summed E-state index contributed by atoms with van der Waals surface area (Å²) in [6.07, 6.45) is 0.101. The molecule has 172 valence electrons. The Morgan fingerprint density at radius 1 is 1.06 bits per heavy atom. The predicted molar refractivity (Wildman–Crippen MR) is 124 cm³/mol. The van der Waals surface area contributed by atoms with Crippen LogP contribution >= 0.6 is 0 Å². The van der Waals surface area contributed by atoms with Crippen LogP contribution in [0.25, 0.3) is 11.1 Å². The van der Waals surface area contributed by atoms with Crippen LogP contribution in [-0.2, 0) is 14.8 Å². The van der Waals surface area contributed by atoms with Gasteiger partial charge in [-0.2, -0.15) is 9.78 Å². The Labute approximate surface area is 191 Å². The molecule has 2 N–H and O–H groups in total. The number of carbonyl (C=O) groups is 2. The van der Waals surface area contributed by atoms with E-state index in [4.69, 9.17) is 4.74 Å². The van der Waals surface area contributed by atoms with Crippen molar-refractivity contribution in [1.82, 2.24) is 9.78 Å². The number of nitrogens with zero attached hydrogens (tertiary/aromatic N) is 2. The molecule has 2 heterocycles. The Bertz CT molecular complexity index is 1370. The molecule has 33 heavy (non-hydrogen) atoms. The Morgan fingerprint density at radius 2 is 1.76 bits per heavy atom. The van der Waals surface area contributed by atoms with Gasteiger partial charge in [0.15, 0.2) is 0 Å². The molecule has 0 saturated carbocycles. The number of hydrogen-bond donors (Lipinski definition) is 2. The van der Waals surface area contributed by atoms with Crippen LogP contribution in [0.2, 0.25) is 0 Å². The van der Waals surface area contributed by atoms with Gasteiger partial charge in [0, 0.05) is 18.4 Å². The van der Waals surface area contributed by atoms with Crippen LogP contribution in [0.1, 0.15) is 34.5 Å². The number of aryl methyl sites for hydroxylation is 3. The summed E-state index contributed by atoms with van der Waals surface area (Å²) in [5.41, 5.74) is 3.51. The molecule has 0 bridgehead atoms. The maximum Gasteiger partial charge on any atom is 0.265 e. The fourth-order valence-corrected chi connectivity index (χ4v) is 5.30. The lowest BCUT2D eigenvalue weighted by molar-refractivity contribution is -0.116. The maximum atomic E-state index is 13.4. The van der Waals surface area contributed by atoms with Gasteiger partial charge in [-0.3, -0.25) is 14.3 Å². The monoisotopic (exact) mass is 468 g/mol. The van der Waals surface area contributed by atoms with E-state index in [9.17, 15) is 18.0 Å². The standard InChI is InChI=1S/C23H24N4O5S/c1-13-6-5-7-14(2)22(13)26-33(30,31)18-12-16(8-9-17(18)32-4)21-15(3)25-27-20(29)11-10-19(28)24-23(21)27/h5-9,12,26H,10-11H2,1-4H3,(H,24,28). The largest absolute Gasteiger partial charge is 0.495 e. The van der Waals surface area contributed by atoms with E-state index in [1.54, 1.807) is 19.1 Å². The summed E-state index contributed by atoms with van der Waals surface area (Å²) < 4.78 is 36.0. The highest BCUT2D eigenvalue weighted by molar-refractivity contribution is 7.92. The first kappa shape index (κ1) is 22.5. The average molecular weight is 469 g/mol. The minimum Gasteiger partial charge on any atom is -0.495 e. The number of sulfonamides is 1. The molecule has 10 heteroatoms. The fraction of sp³-hybridized carbons (Fsp3) is 0.261. The third-order valence-corrected chi connectivity index (χ3v) is 6.95. The quantitative estimate of drug-likeness (QED) is 0.590. The average Bonchev–Trinajstić information content (AvgIpc) is 3.02. The number of amides is 1. The zero-order valence-corrected chi connectivity index (χ0v) is 19.5. The smallest absolute Gasteiger partial charge is 0.265 e. The topological polar surface area (TPSA) is 119 Å². The van der Waals surface area contributed by atoms with Crippen LogP contribution in [-0.4, -0.2) is 37.1 Å². The van der Waals surface area contributed by atoms with Gasteiger partial charge in [0.25, 0.3) is 10.0 Å². The van der Waals surface area contributed by atoms with E-state index < -0.39 is 10.0 Å². The van der Waals surface area contributed by atoms with Gasteiger partial charge in [-0.05, 0) is 49.6 Å². The van der Waals surface area contributed by atoms with Crippen molar-refractivity contribution in [3.63, 3.8) is 0 Å². The van der Waals surface area contributed by atoms with Crippen molar-refractivity contribution < 1.29 is 22.7 Å². The highest BCUT2D eigenvalue weighted by Crippen LogP contribution is 2.37. The molecule has 0 aliphatic carbocycles. The predicted octanol–water partition coefficient (Wildman–Crippen LogP) is 3.66. The van der Waals surface area contributed by atoms with Gasteiger partial charge >= 0.3 is 0 Å². The molecule has 1 aliphatic rings. The number of anilines is 2. The van der Waals surface area contributed by atoms with Gasteiger partial charge in [-0.25, -0.2) is 8.42 Å². The maximum absolute atomic E-state index is 13.4. The lowest BCUT2D eigenvalue weighted by Gasteiger charge is -2.16. The van der Waals surface area contributed by atoms with Crippen molar-refractivity contribution in [2.75, 3.05) is 17.1 Å². The van der Waals surface area contributed by atoms with Crippen LogP contribution in [0.5, 0.6) is 5.75 Å². The highest BCUT2D eigenvalue weighted by Gasteiger charge is 2.28. The Kier molecular flexibility index (Phi) is 5.71. The molecule has 1 aliphatic heterocycles. The van der Waals surface area contributed by atoms with E-state index in [1.165, 1.54) is 17.9 Å². The van der Waals surface area contributed by atoms with Crippen LogP contribution in [0.4, 0.5) is 11.5 Å². The molecular weight excluding hydrogens is 444 g/mol. The first-order valence-corrected chi connectivity index (χ1v) is 11.8. The number of methoxy groups -OCH3 is 1. The van der Waals surface area contributed by atoms with Gasteiger partial charge < -0.3 is 10.1 Å². The number of hydrogen-bond acceptors (Lipinski definition) is 6. The first-order valence-electron chi connectivity index (χ1n) is 10.3. The number of carbonyl (C=O) groups excluding carboxylic acids is 2. The number of para-hydroxylation sites is 1. The summed E-state index contributed by atoms with van der Waals surface area (Å²) >= 11 is 0. The molecule has 3 aromatic rings. The van der Waals surface area contributed by atoms with Crippen molar-refractivity contribution in [1.29, 1.82) is 0 Å². The van der Waals surface area contributed by atoms with E-state index in [1.807, 2.05) is 32.0 Å². The molecule has 9 nitrogen and oxygen atoms in total. The molecule has 0 saturated heterocycles. The second kappa shape index (κ2) is 8.36. The SMILES string of the molecule is COc1ccc(-c2c(C)nn3c2NC(=O)CCC3=O)cc1S(=O)(=O)Nc1c(C)cccc1C. The fourth-order valence-electron chi connectivity index (χ4n) is 3.90. The van der Waals surface area contributed by atoms with Crippen molar-refractivity contribution in [2.45, 2.75) is 38.5 Å². The van der Waals surface area contributed by atoms with Gasteiger partial charge in [0.05, 0.1) is 18.5 Å². The van der Waals surface area contributed by atoms with E-state index in [2.05, 4.69) is 15.1 Å². The van der Waals surface area contributed by atoms with Crippen LogP contribution in [0.15, 0.2) is 41.3 Å². The molecule has 0 fully saturated rings. The summed E-state index contributed by atoms with van der Waals surface area (Å²) in [5, 5.41) is 7.01. The van der Waals surface area contributed by atoms with E-state index in [-0.39, 0.29) is 41.1 Å². The summed E-state index contributed by atoms with van der Waals surface area (Å²) in [6.45, 7) is 5.34. The third-order valence-electron chi connectivity index (χ3n) is 5.58. The number of benzene rings is 2. The summed E-state index contributed by atoms with van der Waals surface area (Å²) in [6, 6.07) is 10.2. The number of rotatable bonds is 5. The zero-order valence-electron chi connectivity index (χ0n) is 18.7. The van der Waals surface area contributed by atoms with Gasteiger partial charge in [0.2, 0.25) is 11.8 Å². The molecule has 1 aromatic heterocycles. The molecule has 0 unspecified atom stereocenters. The van der Waals surface area contributed by atoms with E-state index in [0.29, 0.717) is 22.5 Å². The molecule has 2 aromatic carbocycles. The normalized spacial score (nSPS) is 13.8. The second-order valence-electron chi connectivity index (χ2n) is 7.90. The third kappa shape index (κ3) is 4.09. The number of nitrogens with one attached hydrogen (secondary N) is 2. The summed E-state index contributed by atoms with van der Waals surface area (Å²) in [5.74, 6) is -0.221. The highest BCUT2D eigenvalue weighted by atomic mass is 32.2. The van der Waals surface area contributed by atoms with Crippen molar-refractivity contribution in [2.24, 2.45) is 0 Å². The van der Waals surface area contributed by atoms with E-state index in [0.717, 1.165) is 11.1 Å². The molecule has 1 amide bonds.